The Bertz CT molecular complexity index is 621. The van der Waals surface area contributed by atoms with Crippen molar-refractivity contribution in [2.45, 2.75) is 39.5 Å². The summed E-state index contributed by atoms with van der Waals surface area (Å²) in [6.45, 7) is 4.28. The Morgan fingerprint density at radius 1 is 1.39 bits per heavy atom. The Balaban J connectivity index is 2.04. The van der Waals surface area contributed by atoms with Crippen LogP contribution in [0.3, 0.4) is 0 Å². The first kappa shape index (κ1) is 11.4. The van der Waals surface area contributed by atoms with Crippen LogP contribution in [0.2, 0.25) is 0 Å². The lowest BCUT2D eigenvalue weighted by Gasteiger charge is -2.02. The Labute approximate surface area is 105 Å². The van der Waals surface area contributed by atoms with E-state index >= 15 is 0 Å². The first-order valence-electron chi connectivity index (χ1n) is 6.59. The molecular weight excluding hydrogens is 228 g/mol. The third-order valence-electron chi connectivity index (χ3n) is 3.33. The fourth-order valence-electron chi connectivity index (χ4n) is 2.23. The van der Waals surface area contributed by atoms with Crippen molar-refractivity contribution < 1.29 is 0 Å². The van der Waals surface area contributed by atoms with E-state index in [-0.39, 0.29) is 5.56 Å². The number of aromatic nitrogens is 4. The molecule has 0 aromatic carbocycles. The molecule has 96 valence electrons. The molecule has 0 saturated heterocycles. The van der Waals surface area contributed by atoms with Crippen molar-refractivity contribution in [2.24, 2.45) is 11.8 Å². The molecule has 0 radical (unpaired) electrons. The van der Waals surface area contributed by atoms with Gasteiger partial charge in [0.2, 0.25) is 0 Å². The van der Waals surface area contributed by atoms with E-state index in [1.807, 2.05) is 0 Å². The van der Waals surface area contributed by atoms with E-state index in [1.165, 1.54) is 12.8 Å². The smallest absolute Gasteiger partial charge is 0.276 e. The van der Waals surface area contributed by atoms with Crippen LogP contribution >= 0.6 is 0 Å². The van der Waals surface area contributed by atoms with Crippen LogP contribution in [0.25, 0.3) is 11.0 Å². The lowest BCUT2D eigenvalue weighted by Crippen LogP contribution is -2.12. The minimum atomic E-state index is -0.0989. The molecule has 18 heavy (non-hydrogen) atoms. The van der Waals surface area contributed by atoms with Crippen molar-refractivity contribution in [3.63, 3.8) is 0 Å². The zero-order chi connectivity index (χ0) is 12.7. The van der Waals surface area contributed by atoms with Gasteiger partial charge in [0.1, 0.15) is 16.9 Å². The largest absolute Gasteiger partial charge is 0.309 e. The Kier molecular flexibility index (Phi) is 2.69. The summed E-state index contributed by atoms with van der Waals surface area (Å²) in [4.78, 5) is 19.4. The quantitative estimate of drug-likeness (QED) is 0.863. The standard InChI is InChI=1S/C13H18N4O/c1-7(2)5-9-11-12(17-16-9)13(18)15-10(14-11)6-8-3-4-8/h7-8H,3-6H2,1-2H3,(H,16,17)(H,14,15,18). The van der Waals surface area contributed by atoms with E-state index in [4.69, 9.17) is 0 Å². The molecule has 2 N–H and O–H groups in total. The Morgan fingerprint density at radius 3 is 2.83 bits per heavy atom. The summed E-state index contributed by atoms with van der Waals surface area (Å²) in [7, 11) is 0. The second kappa shape index (κ2) is 4.23. The average Bonchev–Trinajstić information content (AvgIpc) is 3.01. The lowest BCUT2D eigenvalue weighted by molar-refractivity contribution is 0.635. The number of hydrogen-bond acceptors (Lipinski definition) is 3. The van der Waals surface area contributed by atoms with E-state index in [1.54, 1.807) is 0 Å². The van der Waals surface area contributed by atoms with Crippen LogP contribution in [0.1, 0.15) is 38.2 Å². The zero-order valence-electron chi connectivity index (χ0n) is 10.8. The molecular formula is C13H18N4O. The highest BCUT2D eigenvalue weighted by molar-refractivity contribution is 5.75. The van der Waals surface area contributed by atoms with E-state index in [2.05, 4.69) is 34.0 Å². The van der Waals surface area contributed by atoms with Gasteiger partial charge in [-0.25, -0.2) is 4.98 Å². The summed E-state index contributed by atoms with van der Waals surface area (Å²) < 4.78 is 0. The predicted molar refractivity (Wildman–Crippen MR) is 69.5 cm³/mol. The van der Waals surface area contributed by atoms with Gasteiger partial charge in [-0.05, 0) is 31.1 Å². The summed E-state index contributed by atoms with van der Waals surface area (Å²) in [6.07, 6.45) is 4.24. The van der Waals surface area contributed by atoms with Gasteiger partial charge in [0.15, 0.2) is 0 Å². The normalized spacial score (nSPS) is 15.7. The van der Waals surface area contributed by atoms with Gasteiger partial charge in [-0.3, -0.25) is 9.89 Å². The number of nitrogens with one attached hydrogen (secondary N) is 2. The highest BCUT2D eigenvalue weighted by atomic mass is 16.1. The first-order valence-corrected chi connectivity index (χ1v) is 6.59. The summed E-state index contributed by atoms with van der Waals surface area (Å²) in [5, 5.41) is 7.03. The molecule has 1 saturated carbocycles. The van der Waals surface area contributed by atoms with Crippen LogP contribution in [0, 0.1) is 11.8 Å². The van der Waals surface area contributed by atoms with Crippen LogP contribution in [0.15, 0.2) is 4.79 Å². The minimum Gasteiger partial charge on any atom is -0.309 e. The van der Waals surface area contributed by atoms with E-state index in [9.17, 15) is 4.79 Å². The molecule has 1 aliphatic carbocycles. The molecule has 0 aliphatic heterocycles. The molecule has 1 aliphatic rings. The second-order valence-electron chi connectivity index (χ2n) is 5.65. The molecule has 0 amide bonds. The van der Waals surface area contributed by atoms with E-state index in [0.717, 1.165) is 29.9 Å². The highest BCUT2D eigenvalue weighted by Gasteiger charge is 2.23. The number of H-pyrrole nitrogens is 2. The average molecular weight is 246 g/mol. The molecule has 5 nitrogen and oxygen atoms in total. The summed E-state index contributed by atoms with van der Waals surface area (Å²) >= 11 is 0. The van der Waals surface area contributed by atoms with Gasteiger partial charge >= 0.3 is 0 Å². The van der Waals surface area contributed by atoms with Crippen molar-refractivity contribution in [2.75, 3.05) is 0 Å². The maximum Gasteiger partial charge on any atom is 0.276 e. The van der Waals surface area contributed by atoms with Crippen LogP contribution in [-0.2, 0) is 12.8 Å². The SMILES string of the molecule is CC(C)Cc1n[nH]c2c(=O)[nH]c(CC3CC3)nc12. The maximum atomic E-state index is 11.9. The van der Waals surface area contributed by atoms with Crippen molar-refractivity contribution in [1.82, 2.24) is 20.2 Å². The molecule has 2 aromatic rings. The molecule has 2 aromatic heterocycles. The molecule has 3 rings (SSSR count). The number of nitrogens with zero attached hydrogens (tertiary/aromatic N) is 2. The Morgan fingerprint density at radius 2 is 2.17 bits per heavy atom. The van der Waals surface area contributed by atoms with E-state index in [0.29, 0.717) is 17.4 Å². The lowest BCUT2D eigenvalue weighted by atomic mass is 10.1. The number of fused-ring (bicyclic) bond motifs is 1. The molecule has 0 bridgehead atoms. The van der Waals surface area contributed by atoms with Crippen molar-refractivity contribution in [3.8, 4) is 0 Å². The Hall–Kier alpha value is -1.65. The molecule has 5 heteroatoms. The zero-order valence-corrected chi connectivity index (χ0v) is 10.8. The third-order valence-corrected chi connectivity index (χ3v) is 3.33. The van der Waals surface area contributed by atoms with Crippen LogP contribution < -0.4 is 5.56 Å². The second-order valence-corrected chi connectivity index (χ2v) is 5.65. The van der Waals surface area contributed by atoms with Gasteiger partial charge in [-0.2, -0.15) is 5.10 Å². The fraction of sp³-hybridized carbons (Fsp3) is 0.615. The van der Waals surface area contributed by atoms with Crippen molar-refractivity contribution >= 4 is 11.0 Å². The number of aromatic amines is 2. The van der Waals surface area contributed by atoms with Crippen molar-refractivity contribution in [1.29, 1.82) is 0 Å². The van der Waals surface area contributed by atoms with Gasteiger partial charge in [-0.15, -0.1) is 0 Å². The molecule has 2 heterocycles. The maximum absolute atomic E-state index is 11.9. The van der Waals surface area contributed by atoms with Gasteiger partial charge < -0.3 is 4.98 Å². The molecule has 0 spiro atoms. The van der Waals surface area contributed by atoms with Crippen LogP contribution in [0.5, 0.6) is 0 Å². The van der Waals surface area contributed by atoms with Crippen LogP contribution in [-0.4, -0.2) is 20.2 Å². The van der Waals surface area contributed by atoms with Gasteiger partial charge in [-0.1, -0.05) is 13.8 Å². The topological polar surface area (TPSA) is 74.4 Å². The minimum absolute atomic E-state index is 0.0989. The predicted octanol–water partition coefficient (Wildman–Crippen LogP) is 1.80. The van der Waals surface area contributed by atoms with Crippen molar-refractivity contribution in [3.05, 3.63) is 21.9 Å². The number of rotatable bonds is 4. The number of hydrogen-bond donors (Lipinski definition) is 2. The van der Waals surface area contributed by atoms with Gasteiger partial charge in [0.05, 0.1) is 5.69 Å². The third kappa shape index (κ3) is 2.17. The molecule has 0 atom stereocenters. The summed E-state index contributed by atoms with van der Waals surface area (Å²) in [5.41, 5.74) is 2.06. The highest BCUT2D eigenvalue weighted by Crippen LogP contribution is 2.31. The molecule has 1 fully saturated rings. The fourth-order valence-corrected chi connectivity index (χ4v) is 2.23. The van der Waals surface area contributed by atoms with E-state index < -0.39 is 0 Å². The van der Waals surface area contributed by atoms with Crippen LogP contribution in [0.4, 0.5) is 0 Å². The monoisotopic (exact) mass is 246 g/mol. The van der Waals surface area contributed by atoms with Gasteiger partial charge in [0.25, 0.3) is 5.56 Å². The summed E-state index contributed by atoms with van der Waals surface area (Å²) in [6, 6.07) is 0. The molecule has 0 unspecified atom stereocenters. The first-order chi connectivity index (χ1) is 8.63. The summed E-state index contributed by atoms with van der Waals surface area (Å²) in [5.74, 6) is 2.02. The van der Waals surface area contributed by atoms with Gasteiger partial charge in [0, 0.05) is 6.42 Å².